The molecule has 8 heteroatoms. The first kappa shape index (κ1) is 21.2. The van der Waals surface area contributed by atoms with E-state index < -0.39 is 11.9 Å². The predicted molar refractivity (Wildman–Crippen MR) is 109 cm³/mol. The van der Waals surface area contributed by atoms with Gasteiger partial charge in [-0.3, -0.25) is 0 Å². The molecule has 0 aliphatic carbocycles. The number of fused-ring (bicyclic) bond motifs is 1. The topological polar surface area (TPSA) is 123 Å². The first-order valence-electron chi connectivity index (χ1n) is 8.30. The number of carbonyl (C=O) groups is 2. The lowest BCUT2D eigenvalue weighted by Gasteiger charge is -2.16. The lowest BCUT2D eigenvalue weighted by Crippen LogP contribution is -2.09. The second-order valence-corrected chi connectivity index (χ2v) is 6.54. The summed E-state index contributed by atoms with van der Waals surface area (Å²) >= 11 is 1.67. The molecule has 146 valence electrons. The number of para-hydroxylation sites is 1. The summed E-state index contributed by atoms with van der Waals surface area (Å²) in [5.74, 6) is -1.95. The number of methoxy groups -OCH3 is 1. The fourth-order valence-electron chi connectivity index (χ4n) is 2.49. The number of carboxylic acids is 2. The van der Waals surface area contributed by atoms with Gasteiger partial charge in [0.25, 0.3) is 0 Å². The molecule has 0 unspecified atom stereocenters. The molecule has 0 spiro atoms. The van der Waals surface area contributed by atoms with Crippen LogP contribution >= 0.6 is 11.8 Å². The zero-order valence-electron chi connectivity index (χ0n) is 15.2. The first-order valence-corrected chi connectivity index (χ1v) is 9.29. The van der Waals surface area contributed by atoms with Gasteiger partial charge in [0.15, 0.2) is 0 Å². The second-order valence-electron chi connectivity index (χ2n) is 5.46. The van der Waals surface area contributed by atoms with Gasteiger partial charge in [0.2, 0.25) is 0 Å². The number of aliphatic carboxylic acids is 2. The zero-order chi connectivity index (χ0) is 20.5. The summed E-state index contributed by atoms with van der Waals surface area (Å²) in [6, 6.07) is 18.3. The van der Waals surface area contributed by atoms with Crippen molar-refractivity contribution in [1.29, 1.82) is 0 Å². The molecule has 3 aromatic rings. The number of pyridine rings is 1. The molecule has 1 heterocycles. The SMILES string of the molecule is COc1c(-c2ccccc2)c(SCCN)nc2ccccc12.O=C(O)C(=O)O. The average Bonchev–Trinajstić information content (AvgIpc) is 2.72. The number of benzene rings is 2. The summed E-state index contributed by atoms with van der Waals surface area (Å²) in [4.78, 5) is 23.0. The minimum absolute atomic E-state index is 0.621. The summed E-state index contributed by atoms with van der Waals surface area (Å²) in [5, 5.41) is 16.8. The van der Waals surface area contributed by atoms with Crippen molar-refractivity contribution in [2.45, 2.75) is 5.03 Å². The van der Waals surface area contributed by atoms with Crippen molar-refractivity contribution in [1.82, 2.24) is 4.98 Å². The molecule has 0 bridgehead atoms. The van der Waals surface area contributed by atoms with E-state index in [0.717, 1.165) is 38.6 Å². The van der Waals surface area contributed by atoms with Crippen molar-refractivity contribution in [2.75, 3.05) is 19.4 Å². The van der Waals surface area contributed by atoms with E-state index in [9.17, 15) is 0 Å². The number of rotatable bonds is 5. The Kier molecular flexibility index (Phi) is 7.79. The number of hydrogen-bond donors (Lipinski definition) is 3. The minimum Gasteiger partial charge on any atom is -0.495 e. The Labute approximate surface area is 166 Å². The van der Waals surface area contributed by atoms with E-state index >= 15 is 0 Å². The third kappa shape index (κ3) is 5.21. The lowest BCUT2D eigenvalue weighted by atomic mass is 10.0. The van der Waals surface area contributed by atoms with Crippen LogP contribution in [0.2, 0.25) is 0 Å². The first-order chi connectivity index (χ1) is 13.5. The van der Waals surface area contributed by atoms with E-state index in [1.807, 2.05) is 42.5 Å². The number of thioether (sulfide) groups is 1. The molecule has 0 radical (unpaired) electrons. The van der Waals surface area contributed by atoms with Crippen LogP contribution in [0.3, 0.4) is 0 Å². The predicted octanol–water partition coefficient (Wildman–Crippen LogP) is 3.12. The molecule has 4 N–H and O–H groups in total. The Morgan fingerprint density at radius 3 is 2.21 bits per heavy atom. The highest BCUT2D eigenvalue weighted by atomic mass is 32.2. The van der Waals surface area contributed by atoms with Gasteiger partial charge >= 0.3 is 11.9 Å². The van der Waals surface area contributed by atoms with Gasteiger partial charge in [0, 0.05) is 17.7 Å². The van der Waals surface area contributed by atoms with Crippen LogP contribution in [0.5, 0.6) is 5.75 Å². The third-order valence-electron chi connectivity index (χ3n) is 3.62. The van der Waals surface area contributed by atoms with E-state index in [0.29, 0.717) is 6.54 Å². The number of carboxylic acid groups (broad SMARTS) is 2. The van der Waals surface area contributed by atoms with Crippen molar-refractivity contribution in [2.24, 2.45) is 5.73 Å². The summed E-state index contributed by atoms with van der Waals surface area (Å²) < 4.78 is 5.75. The summed E-state index contributed by atoms with van der Waals surface area (Å²) in [5.41, 5.74) is 8.76. The van der Waals surface area contributed by atoms with Crippen molar-refractivity contribution < 1.29 is 24.5 Å². The molecule has 3 rings (SSSR count). The molecule has 7 nitrogen and oxygen atoms in total. The van der Waals surface area contributed by atoms with Crippen LogP contribution in [0.4, 0.5) is 0 Å². The Morgan fingerprint density at radius 1 is 1.04 bits per heavy atom. The highest BCUT2D eigenvalue weighted by Gasteiger charge is 2.17. The van der Waals surface area contributed by atoms with Crippen molar-refractivity contribution in [3.8, 4) is 16.9 Å². The van der Waals surface area contributed by atoms with Gasteiger partial charge in [-0.2, -0.15) is 0 Å². The molecule has 0 atom stereocenters. The number of hydrogen-bond acceptors (Lipinski definition) is 6. The lowest BCUT2D eigenvalue weighted by molar-refractivity contribution is -0.159. The summed E-state index contributed by atoms with van der Waals surface area (Å²) in [7, 11) is 1.71. The van der Waals surface area contributed by atoms with Gasteiger partial charge in [0.05, 0.1) is 18.2 Å². The van der Waals surface area contributed by atoms with Gasteiger partial charge in [-0.15, -0.1) is 11.8 Å². The highest BCUT2D eigenvalue weighted by Crippen LogP contribution is 2.41. The maximum absolute atomic E-state index is 9.10. The molecule has 28 heavy (non-hydrogen) atoms. The van der Waals surface area contributed by atoms with E-state index in [4.69, 9.17) is 35.3 Å². The standard InChI is InChI=1S/C18H18N2OS.C2H2O4/c1-21-17-14-9-5-6-10-15(14)20-18(22-12-11-19)16(17)13-7-3-2-4-8-13;3-1(4)2(5)6/h2-10H,11-12,19H2,1H3;(H,3,4)(H,5,6). The Morgan fingerprint density at radius 2 is 1.64 bits per heavy atom. The van der Waals surface area contributed by atoms with Crippen LogP contribution < -0.4 is 10.5 Å². The van der Waals surface area contributed by atoms with Crippen molar-refractivity contribution >= 4 is 34.6 Å². The van der Waals surface area contributed by atoms with Crippen LogP contribution in [0.15, 0.2) is 59.6 Å². The molecular weight excluding hydrogens is 380 g/mol. The maximum Gasteiger partial charge on any atom is 0.414 e. The quantitative estimate of drug-likeness (QED) is 0.441. The molecular formula is C20H20N2O5S. The van der Waals surface area contributed by atoms with Crippen LogP contribution in [0.25, 0.3) is 22.0 Å². The number of ether oxygens (including phenoxy) is 1. The number of aromatic nitrogens is 1. The average molecular weight is 400 g/mol. The van der Waals surface area contributed by atoms with Crippen molar-refractivity contribution in [3.05, 3.63) is 54.6 Å². The monoisotopic (exact) mass is 400 g/mol. The highest BCUT2D eigenvalue weighted by molar-refractivity contribution is 7.99. The Balaban J connectivity index is 0.000000409. The summed E-state index contributed by atoms with van der Waals surface area (Å²) in [6.45, 7) is 0.621. The van der Waals surface area contributed by atoms with Crippen LogP contribution in [0.1, 0.15) is 0 Å². The smallest absolute Gasteiger partial charge is 0.414 e. The van der Waals surface area contributed by atoms with E-state index in [-0.39, 0.29) is 0 Å². The second kappa shape index (κ2) is 10.3. The van der Waals surface area contributed by atoms with Crippen LogP contribution in [-0.4, -0.2) is 46.5 Å². The zero-order valence-corrected chi connectivity index (χ0v) is 16.0. The van der Waals surface area contributed by atoms with Gasteiger partial charge < -0.3 is 20.7 Å². The fraction of sp³-hybridized carbons (Fsp3) is 0.150. The number of nitrogens with zero attached hydrogens (tertiary/aromatic N) is 1. The molecule has 0 amide bonds. The minimum atomic E-state index is -1.82. The maximum atomic E-state index is 9.10. The molecule has 0 fully saturated rings. The van der Waals surface area contributed by atoms with Crippen molar-refractivity contribution in [3.63, 3.8) is 0 Å². The van der Waals surface area contributed by atoms with E-state index in [2.05, 4.69) is 12.1 Å². The van der Waals surface area contributed by atoms with Gasteiger partial charge in [-0.1, -0.05) is 42.5 Å². The van der Waals surface area contributed by atoms with Gasteiger partial charge in [-0.05, 0) is 17.7 Å². The van der Waals surface area contributed by atoms with E-state index in [1.165, 1.54) is 0 Å². The van der Waals surface area contributed by atoms with E-state index in [1.54, 1.807) is 18.9 Å². The number of nitrogens with two attached hydrogens (primary N) is 1. The molecule has 1 aromatic heterocycles. The molecule has 0 saturated carbocycles. The molecule has 0 saturated heterocycles. The molecule has 0 aliphatic rings. The van der Waals surface area contributed by atoms with Gasteiger partial charge in [-0.25, -0.2) is 14.6 Å². The van der Waals surface area contributed by atoms with Crippen LogP contribution in [-0.2, 0) is 9.59 Å². The largest absolute Gasteiger partial charge is 0.495 e. The van der Waals surface area contributed by atoms with Gasteiger partial charge in [0.1, 0.15) is 10.8 Å². The normalized spacial score (nSPS) is 10.1. The molecule has 0 aliphatic heterocycles. The molecule has 2 aromatic carbocycles. The summed E-state index contributed by atoms with van der Waals surface area (Å²) in [6.07, 6.45) is 0. The third-order valence-corrected chi connectivity index (χ3v) is 4.63. The Bertz CT molecular complexity index is 951. The van der Waals surface area contributed by atoms with Crippen LogP contribution in [0, 0.1) is 0 Å². The Hall–Kier alpha value is -3.10. The fourth-order valence-corrected chi connectivity index (χ4v) is 3.32.